The second-order valence-electron chi connectivity index (χ2n) is 8.62. The summed E-state index contributed by atoms with van der Waals surface area (Å²) in [5, 5.41) is 11.0. The molecule has 38 heavy (non-hydrogen) atoms. The molecule has 5 aromatic rings. The number of nitrogens with zero attached hydrogens (tertiary/aromatic N) is 5. The maximum atomic E-state index is 12.8. The molecule has 3 aromatic heterocycles. The lowest BCUT2D eigenvalue weighted by molar-refractivity contribution is 0.0303. The van der Waals surface area contributed by atoms with E-state index in [9.17, 15) is 4.79 Å². The Balaban J connectivity index is 1.26. The van der Waals surface area contributed by atoms with Gasteiger partial charge in [0.15, 0.2) is 5.82 Å². The fourth-order valence-electron chi connectivity index (χ4n) is 4.40. The molecular weight excluding hydrogens is 508 g/mol. The van der Waals surface area contributed by atoms with Gasteiger partial charge in [-0.2, -0.15) is 15.1 Å². The number of aromatic amines is 2. The monoisotopic (exact) mass is 530 g/mol. The number of carbonyl (C=O) groups excluding carboxylic acids is 1. The number of ether oxygens (including phenoxy) is 2. The van der Waals surface area contributed by atoms with E-state index < -0.39 is 0 Å². The van der Waals surface area contributed by atoms with E-state index in [1.54, 1.807) is 30.2 Å². The van der Waals surface area contributed by atoms with Crippen molar-refractivity contribution in [3.05, 3.63) is 65.6 Å². The molecule has 0 saturated carbocycles. The normalized spacial score (nSPS) is 13.6. The van der Waals surface area contributed by atoms with Crippen LogP contribution in [0.25, 0.3) is 33.5 Å². The van der Waals surface area contributed by atoms with Gasteiger partial charge in [-0.05, 0) is 23.8 Å². The number of amides is 1. The van der Waals surface area contributed by atoms with Crippen molar-refractivity contribution in [1.29, 1.82) is 0 Å². The first-order chi connectivity index (χ1) is 18.6. The number of fused-ring (bicyclic) bond motifs is 1. The van der Waals surface area contributed by atoms with Crippen molar-refractivity contribution in [3.8, 4) is 28.4 Å². The summed E-state index contributed by atoms with van der Waals surface area (Å²) in [5.41, 5.74) is 4.47. The SMILES string of the molecule is COc1nc(Nc2ccc(C(=O)N3CCOCC3)cc2Cl)nc2[nH]cc(-c3ccc(-c4ncn[nH]4)cc3)c12. The van der Waals surface area contributed by atoms with Crippen LogP contribution in [0.15, 0.2) is 55.0 Å². The molecule has 0 bridgehead atoms. The summed E-state index contributed by atoms with van der Waals surface area (Å²) in [7, 11) is 1.56. The van der Waals surface area contributed by atoms with Crippen LogP contribution >= 0.6 is 11.6 Å². The molecule has 1 aliphatic heterocycles. The average Bonchev–Trinajstić information content (AvgIpc) is 3.65. The predicted molar refractivity (Wildman–Crippen MR) is 143 cm³/mol. The van der Waals surface area contributed by atoms with Crippen LogP contribution in [0.3, 0.4) is 0 Å². The van der Waals surface area contributed by atoms with Crippen molar-refractivity contribution in [2.45, 2.75) is 0 Å². The molecule has 11 nitrogen and oxygen atoms in total. The van der Waals surface area contributed by atoms with Gasteiger partial charge in [-0.1, -0.05) is 35.9 Å². The highest BCUT2D eigenvalue weighted by molar-refractivity contribution is 6.33. The fraction of sp³-hybridized carbons (Fsp3) is 0.192. The Hall–Kier alpha value is -4.48. The van der Waals surface area contributed by atoms with Crippen LogP contribution in [-0.2, 0) is 4.74 Å². The third-order valence-electron chi connectivity index (χ3n) is 6.34. The van der Waals surface area contributed by atoms with Crippen molar-refractivity contribution in [1.82, 2.24) is 35.0 Å². The van der Waals surface area contributed by atoms with E-state index >= 15 is 0 Å². The zero-order valence-electron chi connectivity index (χ0n) is 20.4. The van der Waals surface area contributed by atoms with Crippen molar-refractivity contribution in [2.24, 2.45) is 0 Å². The van der Waals surface area contributed by atoms with Crippen LogP contribution in [0.1, 0.15) is 10.4 Å². The number of halogens is 1. The molecule has 0 unspecified atom stereocenters. The summed E-state index contributed by atoms with van der Waals surface area (Å²) < 4.78 is 11.0. The highest BCUT2D eigenvalue weighted by Gasteiger charge is 2.20. The van der Waals surface area contributed by atoms with Gasteiger partial charge in [0, 0.05) is 36.0 Å². The first-order valence-corrected chi connectivity index (χ1v) is 12.3. The van der Waals surface area contributed by atoms with Crippen molar-refractivity contribution < 1.29 is 14.3 Å². The van der Waals surface area contributed by atoms with E-state index in [1.807, 2.05) is 30.5 Å². The van der Waals surface area contributed by atoms with Crippen LogP contribution in [0, 0.1) is 0 Å². The van der Waals surface area contributed by atoms with Crippen LogP contribution < -0.4 is 10.1 Å². The molecule has 0 aliphatic carbocycles. The largest absolute Gasteiger partial charge is 0.480 e. The molecule has 0 spiro atoms. The van der Waals surface area contributed by atoms with Crippen LogP contribution in [0.5, 0.6) is 5.88 Å². The number of morpholine rings is 1. The minimum Gasteiger partial charge on any atom is -0.480 e. The molecule has 4 heterocycles. The highest BCUT2D eigenvalue weighted by atomic mass is 35.5. The lowest BCUT2D eigenvalue weighted by Crippen LogP contribution is -2.40. The lowest BCUT2D eigenvalue weighted by atomic mass is 10.0. The Bertz CT molecular complexity index is 1600. The lowest BCUT2D eigenvalue weighted by Gasteiger charge is -2.27. The molecule has 2 aromatic carbocycles. The third-order valence-corrected chi connectivity index (χ3v) is 6.65. The van der Waals surface area contributed by atoms with Gasteiger partial charge < -0.3 is 24.7 Å². The number of H-pyrrole nitrogens is 2. The molecule has 1 fully saturated rings. The highest BCUT2D eigenvalue weighted by Crippen LogP contribution is 2.36. The summed E-state index contributed by atoms with van der Waals surface area (Å²) in [6.07, 6.45) is 3.34. The Morgan fingerprint density at radius 1 is 1.11 bits per heavy atom. The quantitative estimate of drug-likeness (QED) is 0.296. The minimum atomic E-state index is -0.0751. The maximum Gasteiger partial charge on any atom is 0.254 e. The number of aromatic nitrogens is 6. The first kappa shape index (κ1) is 23.9. The molecule has 192 valence electrons. The number of hydrogen-bond donors (Lipinski definition) is 3. The molecule has 1 aliphatic rings. The molecule has 1 saturated heterocycles. The first-order valence-electron chi connectivity index (χ1n) is 11.9. The van der Waals surface area contributed by atoms with E-state index in [-0.39, 0.29) is 5.91 Å². The van der Waals surface area contributed by atoms with E-state index in [4.69, 9.17) is 21.1 Å². The molecule has 0 radical (unpaired) electrons. The Kier molecular flexibility index (Phi) is 6.36. The van der Waals surface area contributed by atoms with Gasteiger partial charge in [-0.25, -0.2) is 4.98 Å². The molecule has 0 atom stereocenters. The second-order valence-corrected chi connectivity index (χ2v) is 9.03. The summed E-state index contributed by atoms with van der Waals surface area (Å²) >= 11 is 6.52. The number of carbonyl (C=O) groups is 1. The summed E-state index contributed by atoms with van der Waals surface area (Å²) in [4.78, 5) is 31.1. The Labute approximate surface area is 222 Å². The van der Waals surface area contributed by atoms with Crippen LogP contribution in [0.4, 0.5) is 11.6 Å². The van der Waals surface area contributed by atoms with E-state index in [0.717, 1.165) is 22.1 Å². The number of nitrogens with one attached hydrogen (secondary N) is 3. The number of benzene rings is 2. The third kappa shape index (κ3) is 4.53. The molecule has 3 N–H and O–H groups in total. The molecule has 1 amide bonds. The van der Waals surface area contributed by atoms with Crippen molar-refractivity contribution in [3.63, 3.8) is 0 Å². The topological polar surface area (TPSA) is 134 Å². The summed E-state index contributed by atoms with van der Waals surface area (Å²) in [5.74, 6) is 1.33. The van der Waals surface area contributed by atoms with Gasteiger partial charge in [0.05, 0.1) is 36.4 Å². The zero-order valence-corrected chi connectivity index (χ0v) is 21.1. The Morgan fingerprint density at radius 2 is 1.89 bits per heavy atom. The van der Waals surface area contributed by atoms with Crippen molar-refractivity contribution >= 4 is 40.2 Å². The van der Waals surface area contributed by atoms with Crippen molar-refractivity contribution in [2.75, 3.05) is 38.7 Å². The predicted octanol–water partition coefficient (Wildman–Crippen LogP) is 4.29. The van der Waals surface area contributed by atoms with Gasteiger partial charge in [0.2, 0.25) is 11.8 Å². The molecular formula is C26H23ClN8O3. The molecule has 6 rings (SSSR count). The van der Waals surface area contributed by atoms with Gasteiger partial charge in [0.1, 0.15) is 12.0 Å². The number of hydrogen-bond acceptors (Lipinski definition) is 8. The van der Waals surface area contributed by atoms with Crippen LogP contribution in [-0.4, -0.2) is 74.4 Å². The van der Waals surface area contributed by atoms with Gasteiger partial charge in [0.25, 0.3) is 5.91 Å². The van der Waals surface area contributed by atoms with E-state index in [2.05, 4.69) is 35.5 Å². The molecule has 12 heteroatoms. The fourth-order valence-corrected chi connectivity index (χ4v) is 4.63. The maximum absolute atomic E-state index is 12.8. The summed E-state index contributed by atoms with van der Waals surface area (Å²) in [6.45, 7) is 2.20. The number of methoxy groups -OCH3 is 1. The Morgan fingerprint density at radius 3 is 2.61 bits per heavy atom. The number of rotatable bonds is 6. The number of anilines is 2. The zero-order chi connectivity index (χ0) is 26.1. The van der Waals surface area contributed by atoms with Crippen LogP contribution in [0.2, 0.25) is 5.02 Å². The van der Waals surface area contributed by atoms with E-state index in [1.165, 1.54) is 6.33 Å². The second kappa shape index (κ2) is 10.1. The average molecular weight is 531 g/mol. The van der Waals surface area contributed by atoms with Gasteiger partial charge >= 0.3 is 0 Å². The van der Waals surface area contributed by atoms with Gasteiger partial charge in [-0.3, -0.25) is 9.89 Å². The smallest absolute Gasteiger partial charge is 0.254 e. The standard InChI is InChI=1S/C26H23ClN8O3/c1-37-24-21-18(15-2-4-16(5-3-15)22-29-14-30-34-22)13-28-23(21)32-26(33-24)31-20-7-6-17(12-19(20)27)25(36)35-8-10-38-11-9-35/h2-7,12-14H,8-11H2,1H3,(H,29,30,34)(H2,28,31,32,33). The van der Waals surface area contributed by atoms with Gasteiger partial charge in [-0.15, -0.1) is 0 Å². The van der Waals surface area contributed by atoms with E-state index in [0.29, 0.717) is 65.9 Å². The summed E-state index contributed by atoms with van der Waals surface area (Å²) in [6, 6.07) is 13.0. The minimum absolute atomic E-state index is 0.0751.